The van der Waals surface area contributed by atoms with E-state index < -0.39 is 0 Å². The van der Waals surface area contributed by atoms with Gasteiger partial charge in [-0.3, -0.25) is 9.69 Å². The van der Waals surface area contributed by atoms with Crippen LogP contribution in [0.2, 0.25) is 0 Å². The van der Waals surface area contributed by atoms with E-state index in [0.29, 0.717) is 0 Å². The monoisotopic (exact) mass is 341 g/mol. The van der Waals surface area contributed by atoms with Gasteiger partial charge in [-0.1, -0.05) is 0 Å². The number of ether oxygens (including phenoxy) is 1. The van der Waals surface area contributed by atoms with Gasteiger partial charge in [0.15, 0.2) is 5.78 Å². The van der Waals surface area contributed by atoms with Crippen molar-refractivity contribution in [1.82, 2.24) is 4.90 Å². The summed E-state index contributed by atoms with van der Waals surface area (Å²) in [7, 11) is 0. The highest BCUT2D eigenvalue weighted by molar-refractivity contribution is 7.17. The molecule has 2 aliphatic rings. The Kier molecular flexibility index (Phi) is 4.42. The van der Waals surface area contributed by atoms with Crippen molar-refractivity contribution in [2.45, 2.75) is 32.6 Å². The molecule has 1 fully saturated rings. The van der Waals surface area contributed by atoms with Gasteiger partial charge < -0.3 is 4.74 Å². The summed E-state index contributed by atoms with van der Waals surface area (Å²) in [5.74, 6) is 1.14. The lowest BCUT2D eigenvalue weighted by molar-refractivity contribution is 0.102. The molecule has 1 aromatic heterocycles. The number of carbonyl (C=O) groups excluding carboxylic acids is 1. The van der Waals surface area contributed by atoms with Gasteiger partial charge in [-0.2, -0.15) is 0 Å². The molecule has 0 radical (unpaired) electrons. The van der Waals surface area contributed by atoms with Crippen LogP contribution in [0.5, 0.6) is 5.75 Å². The third-order valence-corrected chi connectivity index (χ3v) is 6.33. The van der Waals surface area contributed by atoms with Crippen LogP contribution in [0.1, 0.15) is 40.6 Å². The Morgan fingerprint density at radius 3 is 2.75 bits per heavy atom. The minimum atomic E-state index is 0.165. The maximum Gasteiger partial charge on any atom is 0.169 e. The second-order valence-electron chi connectivity index (χ2n) is 6.74. The number of Topliss-reactive ketones (excluding diaryl/α,β-unsaturated/α-hetero) is 1. The molecule has 0 amide bonds. The van der Waals surface area contributed by atoms with Crippen LogP contribution < -0.4 is 4.74 Å². The molecule has 3 nitrogen and oxygen atoms in total. The molecule has 1 aromatic carbocycles. The van der Waals surface area contributed by atoms with Gasteiger partial charge in [-0.05, 0) is 86.7 Å². The molecule has 0 unspecified atom stereocenters. The lowest BCUT2D eigenvalue weighted by Gasteiger charge is -2.18. The zero-order chi connectivity index (χ0) is 16.5. The summed E-state index contributed by atoms with van der Waals surface area (Å²) < 4.78 is 5.97. The molecule has 4 rings (SSSR count). The molecule has 0 bridgehead atoms. The highest BCUT2D eigenvalue weighted by Gasteiger charge is 2.21. The number of rotatable bonds is 5. The highest BCUT2D eigenvalue weighted by Crippen LogP contribution is 2.40. The lowest BCUT2D eigenvalue weighted by Crippen LogP contribution is -2.25. The Bertz CT molecular complexity index is 759. The van der Waals surface area contributed by atoms with Crippen LogP contribution in [0, 0.1) is 0 Å². The maximum absolute atomic E-state index is 11.6. The van der Waals surface area contributed by atoms with Crippen LogP contribution in [0.15, 0.2) is 24.3 Å². The number of aryl methyl sites for hydroxylation is 2. The number of thiophene rings is 1. The normalized spacial score (nSPS) is 16.7. The first kappa shape index (κ1) is 15.9. The highest BCUT2D eigenvalue weighted by atomic mass is 32.1. The zero-order valence-corrected chi connectivity index (χ0v) is 15.0. The fourth-order valence-electron chi connectivity index (χ4n) is 3.67. The van der Waals surface area contributed by atoms with Gasteiger partial charge in [0.1, 0.15) is 12.4 Å². The van der Waals surface area contributed by atoms with Gasteiger partial charge in [0, 0.05) is 11.4 Å². The number of ketones is 1. The van der Waals surface area contributed by atoms with E-state index in [-0.39, 0.29) is 5.78 Å². The smallest absolute Gasteiger partial charge is 0.169 e. The summed E-state index contributed by atoms with van der Waals surface area (Å²) in [6.07, 6.45) is 4.69. The van der Waals surface area contributed by atoms with Crippen LogP contribution >= 0.6 is 11.3 Å². The summed E-state index contributed by atoms with van der Waals surface area (Å²) in [5.41, 5.74) is 3.94. The molecule has 126 valence electrons. The molecular formula is C20H23NO2S. The van der Waals surface area contributed by atoms with Crippen LogP contribution in [-0.2, 0) is 12.8 Å². The van der Waals surface area contributed by atoms with Crippen LogP contribution in [0.3, 0.4) is 0 Å². The summed E-state index contributed by atoms with van der Waals surface area (Å²) in [6, 6.07) is 8.51. The Labute approximate surface area is 147 Å². The van der Waals surface area contributed by atoms with Gasteiger partial charge in [0.05, 0.1) is 4.88 Å². The minimum absolute atomic E-state index is 0.165. The second-order valence-corrected chi connectivity index (χ2v) is 7.79. The average Bonchev–Trinajstić information content (AvgIpc) is 3.23. The van der Waals surface area contributed by atoms with Gasteiger partial charge in [-0.25, -0.2) is 0 Å². The molecule has 1 aliphatic heterocycles. The van der Waals surface area contributed by atoms with Crippen molar-refractivity contribution in [2.75, 3.05) is 26.2 Å². The first-order chi connectivity index (χ1) is 11.7. The quantitative estimate of drug-likeness (QED) is 0.764. The molecule has 2 aromatic rings. The number of carbonyl (C=O) groups is 1. The van der Waals surface area contributed by atoms with E-state index in [1.165, 1.54) is 47.5 Å². The van der Waals surface area contributed by atoms with Gasteiger partial charge >= 0.3 is 0 Å². The van der Waals surface area contributed by atoms with Crippen molar-refractivity contribution in [3.05, 3.63) is 40.3 Å². The fraction of sp³-hybridized carbons (Fsp3) is 0.450. The summed E-state index contributed by atoms with van der Waals surface area (Å²) in [6.45, 7) is 5.86. The summed E-state index contributed by atoms with van der Waals surface area (Å²) in [4.78, 5) is 16.3. The SMILES string of the molecule is CC(=O)c1cc2c(s1)-c1ccc(OCCN3CCCC3)cc1CC2. The molecule has 0 atom stereocenters. The number of hydrogen-bond donors (Lipinski definition) is 0. The number of fused-ring (bicyclic) bond motifs is 3. The van der Waals surface area contributed by atoms with E-state index in [4.69, 9.17) is 4.74 Å². The molecule has 0 spiro atoms. The molecule has 0 N–H and O–H groups in total. The van der Waals surface area contributed by atoms with E-state index in [2.05, 4.69) is 29.2 Å². The third kappa shape index (κ3) is 3.13. The molecule has 1 saturated heterocycles. The first-order valence-electron chi connectivity index (χ1n) is 8.83. The largest absolute Gasteiger partial charge is 0.492 e. The maximum atomic E-state index is 11.6. The third-order valence-electron chi connectivity index (χ3n) is 5.02. The van der Waals surface area contributed by atoms with Crippen molar-refractivity contribution < 1.29 is 9.53 Å². The fourth-order valence-corrected chi connectivity index (χ4v) is 4.84. The van der Waals surface area contributed by atoms with E-state index in [9.17, 15) is 4.79 Å². The van der Waals surface area contributed by atoms with E-state index in [1.807, 2.05) is 0 Å². The summed E-state index contributed by atoms with van der Waals surface area (Å²) >= 11 is 1.63. The zero-order valence-electron chi connectivity index (χ0n) is 14.1. The van der Waals surface area contributed by atoms with E-state index in [0.717, 1.165) is 36.6 Å². The second kappa shape index (κ2) is 6.69. The number of nitrogens with zero attached hydrogens (tertiary/aromatic N) is 1. The van der Waals surface area contributed by atoms with Crippen LogP contribution in [-0.4, -0.2) is 36.9 Å². The van der Waals surface area contributed by atoms with Gasteiger partial charge in [0.2, 0.25) is 0 Å². The first-order valence-corrected chi connectivity index (χ1v) is 9.64. The van der Waals surface area contributed by atoms with E-state index in [1.54, 1.807) is 18.3 Å². The number of benzene rings is 1. The van der Waals surface area contributed by atoms with Gasteiger partial charge in [0.25, 0.3) is 0 Å². The predicted octanol–water partition coefficient (Wildman–Crippen LogP) is 4.19. The molecule has 1 aliphatic carbocycles. The van der Waals surface area contributed by atoms with Crippen molar-refractivity contribution in [2.24, 2.45) is 0 Å². The van der Waals surface area contributed by atoms with Crippen molar-refractivity contribution in [3.63, 3.8) is 0 Å². The lowest BCUT2D eigenvalue weighted by atomic mass is 9.91. The Morgan fingerprint density at radius 2 is 1.96 bits per heavy atom. The minimum Gasteiger partial charge on any atom is -0.492 e. The number of likely N-dealkylation sites (tertiary alicyclic amines) is 1. The average molecular weight is 341 g/mol. The Morgan fingerprint density at radius 1 is 1.17 bits per heavy atom. The molecular weight excluding hydrogens is 318 g/mol. The molecule has 0 saturated carbocycles. The molecule has 2 heterocycles. The molecule has 24 heavy (non-hydrogen) atoms. The summed E-state index contributed by atoms with van der Waals surface area (Å²) in [5, 5.41) is 0. The van der Waals surface area contributed by atoms with Gasteiger partial charge in [-0.15, -0.1) is 11.3 Å². The standard InChI is InChI=1S/C20H23NO2S/c1-14(22)19-13-16-5-4-15-12-17(6-7-18(15)20(16)24-19)23-11-10-21-8-2-3-9-21/h6-7,12-13H,2-5,8-11H2,1H3. The Balaban J connectivity index is 1.48. The van der Waals surface area contributed by atoms with Crippen molar-refractivity contribution in [3.8, 4) is 16.2 Å². The van der Waals surface area contributed by atoms with E-state index >= 15 is 0 Å². The molecule has 4 heteroatoms. The van der Waals surface area contributed by atoms with Crippen molar-refractivity contribution in [1.29, 1.82) is 0 Å². The predicted molar refractivity (Wildman–Crippen MR) is 98.3 cm³/mol. The van der Waals surface area contributed by atoms with Crippen LogP contribution in [0.4, 0.5) is 0 Å². The van der Waals surface area contributed by atoms with Crippen LogP contribution in [0.25, 0.3) is 10.4 Å². The van der Waals surface area contributed by atoms with Crippen molar-refractivity contribution >= 4 is 17.1 Å². The topological polar surface area (TPSA) is 29.5 Å². The number of hydrogen-bond acceptors (Lipinski definition) is 4. The Hall–Kier alpha value is -1.65.